The van der Waals surface area contributed by atoms with Crippen molar-refractivity contribution < 1.29 is 9.21 Å². The predicted octanol–water partition coefficient (Wildman–Crippen LogP) is 5.11. The largest absolute Gasteiger partial charge is 0.440 e. The number of aryl methyl sites for hydroxylation is 1. The van der Waals surface area contributed by atoms with Gasteiger partial charge >= 0.3 is 0 Å². The van der Waals surface area contributed by atoms with Crippen LogP contribution >= 0.6 is 12.2 Å². The SMILES string of the molecule is CCc1ccc(C(=O)NC(=S)Nc2ccc(Cc3nc4ccccc4o3)cc2)cc1. The maximum absolute atomic E-state index is 12.3. The van der Waals surface area contributed by atoms with Gasteiger partial charge in [0.15, 0.2) is 16.6 Å². The number of hydrogen-bond acceptors (Lipinski definition) is 4. The first-order valence-corrected chi connectivity index (χ1v) is 10.2. The number of rotatable bonds is 5. The number of fused-ring (bicyclic) bond motifs is 1. The number of benzene rings is 3. The van der Waals surface area contributed by atoms with Crippen LogP contribution in [0.2, 0.25) is 0 Å². The molecule has 0 saturated heterocycles. The summed E-state index contributed by atoms with van der Waals surface area (Å²) < 4.78 is 5.77. The highest BCUT2D eigenvalue weighted by atomic mass is 32.1. The van der Waals surface area contributed by atoms with Gasteiger partial charge in [-0.3, -0.25) is 10.1 Å². The molecule has 4 rings (SSSR count). The Balaban J connectivity index is 1.34. The number of carbonyl (C=O) groups excluding carboxylic acids is 1. The molecular weight excluding hydrogens is 394 g/mol. The van der Waals surface area contributed by atoms with Crippen LogP contribution in [0.25, 0.3) is 11.1 Å². The summed E-state index contributed by atoms with van der Waals surface area (Å²) in [4.78, 5) is 16.8. The van der Waals surface area contributed by atoms with Gasteiger partial charge in [0.25, 0.3) is 5.91 Å². The summed E-state index contributed by atoms with van der Waals surface area (Å²) in [7, 11) is 0. The zero-order valence-corrected chi connectivity index (χ0v) is 17.3. The molecule has 6 heteroatoms. The van der Waals surface area contributed by atoms with Crippen molar-refractivity contribution in [2.45, 2.75) is 19.8 Å². The van der Waals surface area contributed by atoms with Crippen molar-refractivity contribution in [2.24, 2.45) is 0 Å². The van der Waals surface area contributed by atoms with E-state index in [0.717, 1.165) is 28.8 Å². The van der Waals surface area contributed by atoms with Crippen molar-refractivity contribution in [1.29, 1.82) is 0 Å². The Labute approximate surface area is 180 Å². The van der Waals surface area contributed by atoms with Crippen molar-refractivity contribution in [2.75, 3.05) is 5.32 Å². The van der Waals surface area contributed by atoms with Crippen molar-refractivity contribution in [3.63, 3.8) is 0 Å². The molecule has 0 bridgehead atoms. The maximum atomic E-state index is 12.3. The fraction of sp³-hybridized carbons (Fsp3) is 0.125. The van der Waals surface area contributed by atoms with Crippen LogP contribution in [0, 0.1) is 0 Å². The van der Waals surface area contributed by atoms with Gasteiger partial charge in [-0.15, -0.1) is 0 Å². The van der Waals surface area contributed by atoms with Crippen LogP contribution in [0.1, 0.15) is 34.3 Å². The zero-order chi connectivity index (χ0) is 20.9. The summed E-state index contributed by atoms with van der Waals surface area (Å²) in [6.45, 7) is 2.08. The number of carbonyl (C=O) groups is 1. The van der Waals surface area contributed by atoms with E-state index in [-0.39, 0.29) is 11.0 Å². The summed E-state index contributed by atoms with van der Waals surface area (Å²) in [6.07, 6.45) is 1.54. The number of aromatic nitrogens is 1. The molecular formula is C24H21N3O2S. The first kappa shape index (κ1) is 19.8. The van der Waals surface area contributed by atoms with Gasteiger partial charge in [-0.05, 0) is 66.2 Å². The molecule has 0 fully saturated rings. The highest BCUT2D eigenvalue weighted by molar-refractivity contribution is 7.80. The molecule has 4 aromatic rings. The quantitative estimate of drug-likeness (QED) is 0.444. The minimum atomic E-state index is -0.234. The summed E-state index contributed by atoms with van der Waals surface area (Å²) in [6, 6.07) is 23.0. The molecule has 0 unspecified atom stereocenters. The minimum Gasteiger partial charge on any atom is -0.440 e. The Hall–Kier alpha value is -3.51. The fourth-order valence-corrected chi connectivity index (χ4v) is 3.32. The molecule has 0 aliphatic carbocycles. The highest BCUT2D eigenvalue weighted by Gasteiger charge is 2.09. The van der Waals surface area contributed by atoms with Gasteiger partial charge in [-0.1, -0.05) is 43.3 Å². The molecule has 0 saturated carbocycles. The van der Waals surface area contributed by atoms with E-state index in [9.17, 15) is 4.79 Å². The number of para-hydroxylation sites is 2. The van der Waals surface area contributed by atoms with E-state index in [1.165, 1.54) is 5.56 Å². The Kier molecular flexibility index (Phi) is 5.86. The van der Waals surface area contributed by atoms with E-state index < -0.39 is 0 Å². The van der Waals surface area contributed by atoms with E-state index in [1.54, 1.807) is 12.1 Å². The zero-order valence-electron chi connectivity index (χ0n) is 16.5. The minimum absolute atomic E-state index is 0.234. The summed E-state index contributed by atoms with van der Waals surface area (Å²) in [5, 5.41) is 6.00. The van der Waals surface area contributed by atoms with E-state index in [4.69, 9.17) is 16.6 Å². The molecule has 0 aliphatic heterocycles. The van der Waals surface area contributed by atoms with Crippen molar-refractivity contribution in [3.8, 4) is 0 Å². The van der Waals surface area contributed by atoms with Crippen molar-refractivity contribution in [3.05, 3.63) is 95.4 Å². The molecule has 30 heavy (non-hydrogen) atoms. The fourth-order valence-electron chi connectivity index (χ4n) is 3.11. The second kappa shape index (κ2) is 8.88. The molecule has 2 N–H and O–H groups in total. The van der Waals surface area contributed by atoms with E-state index >= 15 is 0 Å². The van der Waals surface area contributed by atoms with Crippen LogP contribution in [0.15, 0.2) is 77.2 Å². The number of thiocarbonyl (C=S) groups is 1. The van der Waals surface area contributed by atoms with Gasteiger partial charge in [0, 0.05) is 17.7 Å². The standard InChI is InChI=1S/C24H21N3O2S/c1-2-16-7-11-18(12-8-16)23(28)27-24(30)25-19-13-9-17(10-14-19)15-22-26-20-5-3-4-6-21(20)29-22/h3-14H,2,15H2,1H3,(H2,25,27,28,30). The lowest BCUT2D eigenvalue weighted by molar-refractivity contribution is 0.0977. The number of nitrogens with zero attached hydrogens (tertiary/aromatic N) is 1. The van der Waals surface area contributed by atoms with Crippen LogP contribution < -0.4 is 10.6 Å². The van der Waals surface area contributed by atoms with Crippen molar-refractivity contribution >= 4 is 40.0 Å². The molecule has 150 valence electrons. The molecule has 0 radical (unpaired) electrons. The topological polar surface area (TPSA) is 67.2 Å². The van der Waals surface area contributed by atoms with Crippen LogP contribution in [-0.4, -0.2) is 16.0 Å². The lowest BCUT2D eigenvalue weighted by Crippen LogP contribution is -2.34. The lowest BCUT2D eigenvalue weighted by Gasteiger charge is -2.10. The van der Waals surface area contributed by atoms with Gasteiger partial charge in [0.2, 0.25) is 0 Å². The molecule has 1 aromatic heterocycles. The number of oxazole rings is 1. The van der Waals surface area contributed by atoms with Crippen LogP contribution in [0.5, 0.6) is 0 Å². The Bertz CT molecular complexity index is 1150. The Morgan fingerprint density at radius 2 is 1.67 bits per heavy atom. The van der Waals surface area contributed by atoms with Gasteiger partial charge in [0.05, 0.1) is 0 Å². The number of anilines is 1. The Morgan fingerprint density at radius 3 is 2.37 bits per heavy atom. The first-order chi connectivity index (χ1) is 14.6. The number of nitrogens with one attached hydrogen (secondary N) is 2. The molecule has 0 spiro atoms. The molecule has 1 heterocycles. The smallest absolute Gasteiger partial charge is 0.257 e. The van der Waals surface area contributed by atoms with Gasteiger partial charge in [0.1, 0.15) is 5.52 Å². The van der Waals surface area contributed by atoms with E-state index in [0.29, 0.717) is 17.9 Å². The van der Waals surface area contributed by atoms with Gasteiger partial charge in [-0.2, -0.15) is 0 Å². The maximum Gasteiger partial charge on any atom is 0.257 e. The Morgan fingerprint density at radius 1 is 0.967 bits per heavy atom. The van der Waals surface area contributed by atoms with E-state index in [2.05, 4.69) is 22.5 Å². The highest BCUT2D eigenvalue weighted by Crippen LogP contribution is 2.18. The second-order valence-corrected chi connectivity index (χ2v) is 7.32. The van der Waals surface area contributed by atoms with Crippen LogP contribution in [0.4, 0.5) is 5.69 Å². The third-order valence-corrected chi connectivity index (χ3v) is 4.96. The molecule has 1 amide bonds. The molecule has 5 nitrogen and oxygen atoms in total. The molecule has 3 aromatic carbocycles. The number of hydrogen-bond donors (Lipinski definition) is 2. The van der Waals surface area contributed by atoms with Crippen molar-refractivity contribution in [1.82, 2.24) is 10.3 Å². The summed E-state index contributed by atoms with van der Waals surface area (Å²) in [5.41, 5.74) is 5.27. The predicted molar refractivity (Wildman–Crippen MR) is 123 cm³/mol. The summed E-state index contributed by atoms with van der Waals surface area (Å²) >= 11 is 5.27. The normalized spacial score (nSPS) is 10.7. The average Bonchev–Trinajstić information content (AvgIpc) is 3.17. The van der Waals surface area contributed by atoms with E-state index in [1.807, 2.05) is 60.7 Å². The summed E-state index contributed by atoms with van der Waals surface area (Å²) in [5.74, 6) is 0.441. The monoisotopic (exact) mass is 415 g/mol. The third kappa shape index (κ3) is 4.72. The van der Waals surface area contributed by atoms with Crippen LogP contribution in [-0.2, 0) is 12.8 Å². The third-order valence-electron chi connectivity index (χ3n) is 4.76. The lowest BCUT2D eigenvalue weighted by atomic mass is 10.1. The second-order valence-electron chi connectivity index (χ2n) is 6.91. The van der Waals surface area contributed by atoms with Crippen LogP contribution in [0.3, 0.4) is 0 Å². The molecule has 0 atom stereocenters. The first-order valence-electron chi connectivity index (χ1n) is 9.75. The van der Waals surface area contributed by atoms with Gasteiger partial charge < -0.3 is 9.73 Å². The van der Waals surface area contributed by atoms with Gasteiger partial charge in [-0.25, -0.2) is 4.98 Å². The average molecular weight is 416 g/mol. The number of amides is 1. The molecule has 0 aliphatic rings.